The number of alkyl halides is 3. The fourth-order valence-electron chi connectivity index (χ4n) is 3.00. The van der Waals surface area contributed by atoms with E-state index in [0.717, 1.165) is 4.90 Å². The van der Waals surface area contributed by atoms with E-state index in [4.69, 9.17) is 5.11 Å². The largest absolute Gasteiger partial charge is 0.477 e. The van der Waals surface area contributed by atoms with Crippen LogP contribution >= 0.6 is 11.8 Å². The number of aromatic carboxylic acids is 1. The lowest BCUT2D eigenvalue weighted by Crippen LogP contribution is -2.43. The number of halogens is 3. The number of aromatic nitrogens is 1. The summed E-state index contributed by atoms with van der Waals surface area (Å²) in [5, 5.41) is 9.07. The molecule has 0 atom stereocenters. The Hall–Kier alpha value is -3.08. The molecule has 1 fully saturated rings. The van der Waals surface area contributed by atoms with E-state index in [1.165, 1.54) is 47.5 Å². The zero-order chi connectivity index (χ0) is 22.3. The van der Waals surface area contributed by atoms with Gasteiger partial charge in [0.25, 0.3) is 5.91 Å². The van der Waals surface area contributed by atoms with E-state index in [2.05, 4.69) is 4.98 Å². The molecule has 1 aromatic heterocycles. The maximum absolute atomic E-state index is 13.0. The van der Waals surface area contributed by atoms with Crippen molar-refractivity contribution in [1.82, 2.24) is 9.88 Å². The van der Waals surface area contributed by atoms with Crippen molar-refractivity contribution in [3.05, 3.63) is 53.9 Å². The van der Waals surface area contributed by atoms with E-state index >= 15 is 0 Å². The van der Waals surface area contributed by atoms with Crippen molar-refractivity contribution in [2.75, 3.05) is 4.90 Å². The van der Waals surface area contributed by atoms with Crippen LogP contribution in [0.25, 0.3) is 0 Å². The minimum Gasteiger partial charge on any atom is -0.477 e. The number of hydrogen-bond acceptors (Lipinski definition) is 5. The third-order valence-electron chi connectivity index (χ3n) is 4.54. The Morgan fingerprint density at radius 3 is 2.37 bits per heavy atom. The molecule has 2 heterocycles. The van der Waals surface area contributed by atoms with Gasteiger partial charge in [0.2, 0.25) is 0 Å². The molecule has 30 heavy (non-hydrogen) atoms. The lowest BCUT2D eigenvalue weighted by Gasteiger charge is -2.27. The van der Waals surface area contributed by atoms with Crippen LogP contribution in [0.4, 0.5) is 23.7 Å². The summed E-state index contributed by atoms with van der Waals surface area (Å²) in [6.45, 7) is 3.04. The second-order valence-electron chi connectivity index (χ2n) is 6.96. The standard InChI is InChI=1S/C19H16F3N3O4S/c1-18(2)16(28)25(12-3-5-13(6-4-12)30-19(20,21)22)17(29)24(18)10-11-7-8-23-14(9-11)15(26)27/h3-9H,10H2,1-2H3,(H,26,27). The van der Waals surface area contributed by atoms with Crippen LogP contribution in [0.5, 0.6) is 0 Å². The molecule has 11 heteroatoms. The Bertz CT molecular complexity index is 1010. The Morgan fingerprint density at radius 1 is 1.17 bits per heavy atom. The van der Waals surface area contributed by atoms with Crippen LogP contribution in [-0.2, 0) is 11.3 Å². The topological polar surface area (TPSA) is 90.8 Å². The maximum atomic E-state index is 13.0. The summed E-state index contributed by atoms with van der Waals surface area (Å²) in [6.07, 6.45) is 1.29. The van der Waals surface area contributed by atoms with Crippen LogP contribution in [0.15, 0.2) is 47.5 Å². The minimum absolute atomic E-state index is 0.0428. The number of carboxylic acids is 1. The van der Waals surface area contributed by atoms with E-state index < -0.39 is 29.0 Å². The van der Waals surface area contributed by atoms with Gasteiger partial charge in [0.05, 0.1) is 5.69 Å². The molecule has 7 nitrogen and oxygen atoms in total. The molecule has 1 aliphatic rings. The van der Waals surface area contributed by atoms with Crippen LogP contribution in [0.2, 0.25) is 0 Å². The van der Waals surface area contributed by atoms with E-state index in [9.17, 15) is 27.6 Å². The zero-order valence-corrected chi connectivity index (χ0v) is 16.6. The van der Waals surface area contributed by atoms with E-state index in [1.807, 2.05) is 0 Å². The van der Waals surface area contributed by atoms with Gasteiger partial charge < -0.3 is 10.0 Å². The summed E-state index contributed by atoms with van der Waals surface area (Å²) in [7, 11) is 0. The van der Waals surface area contributed by atoms with Crippen LogP contribution in [0.1, 0.15) is 29.9 Å². The van der Waals surface area contributed by atoms with Gasteiger partial charge in [-0.15, -0.1) is 0 Å². The van der Waals surface area contributed by atoms with Gasteiger partial charge >= 0.3 is 17.5 Å². The first-order valence-corrected chi connectivity index (χ1v) is 9.42. The first-order chi connectivity index (χ1) is 13.9. The summed E-state index contributed by atoms with van der Waals surface area (Å²) in [5.41, 5.74) is -5.27. The average Bonchev–Trinajstić information content (AvgIpc) is 2.81. The Labute approximate surface area is 173 Å². The zero-order valence-electron chi connectivity index (χ0n) is 15.8. The number of pyridine rings is 1. The van der Waals surface area contributed by atoms with Crippen molar-refractivity contribution in [2.24, 2.45) is 0 Å². The lowest BCUT2D eigenvalue weighted by molar-refractivity contribution is -0.123. The molecule has 158 valence electrons. The molecule has 1 N–H and O–H groups in total. The maximum Gasteiger partial charge on any atom is 0.446 e. The van der Waals surface area contributed by atoms with Crippen LogP contribution < -0.4 is 4.90 Å². The van der Waals surface area contributed by atoms with Crippen molar-refractivity contribution in [3.8, 4) is 0 Å². The summed E-state index contributed by atoms with van der Waals surface area (Å²) in [4.78, 5) is 42.8. The lowest BCUT2D eigenvalue weighted by atomic mass is 10.0. The van der Waals surface area contributed by atoms with Gasteiger partial charge in [0.15, 0.2) is 0 Å². The smallest absolute Gasteiger partial charge is 0.446 e. The molecule has 3 rings (SSSR count). The highest BCUT2D eigenvalue weighted by atomic mass is 32.2. The van der Waals surface area contributed by atoms with Crippen molar-refractivity contribution in [1.29, 1.82) is 0 Å². The second-order valence-corrected chi connectivity index (χ2v) is 8.10. The van der Waals surface area contributed by atoms with Gasteiger partial charge in [-0.3, -0.25) is 4.79 Å². The Morgan fingerprint density at radius 2 is 1.80 bits per heavy atom. The molecular weight excluding hydrogens is 423 g/mol. The molecule has 0 bridgehead atoms. The molecule has 1 aliphatic heterocycles. The van der Waals surface area contributed by atoms with Gasteiger partial charge in [-0.05, 0) is 67.6 Å². The highest BCUT2D eigenvalue weighted by molar-refractivity contribution is 8.00. The number of hydrogen-bond donors (Lipinski definition) is 1. The fourth-order valence-corrected chi connectivity index (χ4v) is 3.54. The number of nitrogens with zero attached hydrogens (tertiary/aromatic N) is 3. The number of thioether (sulfide) groups is 1. The minimum atomic E-state index is -4.45. The second kappa shape index (κ2) is 7.63. The third-order valence-corrected chi connectivity index (χ3v) is 5.28. The van der Waals surface area contributed by atoms with Crippen molar-refractivity contribution in [2.45, 2.75) is 36.3 Å². The van der Waals surface area contributed by atoms with Gasteiger partial charge in [-0.25, -0.2) is 19.5 Å². The van der Waals surface area contributed by atoms with E-state index in [1.54, 1.807) is 13.8 Å². The molecule has 0 radical (unpaired) electrons. The molecule has 0 spiro atoms. The van der Waals surface area contributed by atoms with Crippen LogP contribution in [-0.4, -0.2) is 43.9 Å². The first-order valence-electron chi connectivity index (χ1n) is 8.60. The summed E-state index contributed by atoms with van der Waals surface area (Å²) >= 11 is -0.293. The molecule has 3 amide bonds. The normalized spacial score (nSPS) is 16.3. The number of imide groups is 1. The number of carbonyl (C=O) groups excluding carboxylic acids is 2. The summed E-state index contributed by atoms with van der Waals surface area (Å²) < 4.78 is 37.5. The van der Waals surface area contributed by atoms with Gasteiger partial charge in [-0.2, -0.15) is 13.2 Å². The van der Waals surface area contributed by atoms with Gasteiger partial charge in [-0.1, -0.05) is 0 Å². The van der Waals surface area contributed by atoms with Crippen LogP contribution in [0.3, 0.4) is 0 Å². The molecular formula is C19H16F3N3O4S. The number of amides is 3. The van der Waals surface area contributed by atoms with E-state index in [-0.39, 0.29) is 34.6 Å². The van der Waals surface area contributed by atoms with Crippen molar-refractivity contribution < 1.29 is 32.7 Å². The average molecular weight is 439 g/mol. The Balaban J connectivity index is 1.87. The molecule has 0 unspecified atom stereocenters. The predicted octanol–water partition coefficient (Wildman–Crippen LogP) is 4.14. The molecule has 1 saturated heterocycles. The number of carbonyl (C=O) groups is 3. The summed E-state index contributed by atoms with van der Waals surface area (Å²) in [6, 6.07) is 7.11. The molecule has 2 aromatic rings. The highest BCUT2D eigenvalue weighted by Gasteiger charge is 2.51. The van der Waals surface area contributed by atoms with E-state index in [0.29, 0.717) is 5.56 Å². The van der Waals surface area contributed by atoms with Crippen molar-refractivity contribution >= 4 is 35.4 Å². The highest BCUT2D eigenvalue weighted by Crippen LogP contribution is 2.38. The number of anilines is 1. The van der Waals surface area contributed by atoms with Crippen molar-refractivity contribution in [3.63, 3.8) is 0 Å². The summed E-state index contributed by atoms with van der Waals surface area (Å²) in [5.74, 6) is -1.77. The number of carboxylic acid groups (broad SMARTS) is 1. The number of benzene rings is 1. The van der Waals surface area contributed by atoms with Gasteiger partial charge in [0, 0.05) is 17.6 Å². The Kier molecular flexibility index (Phi) is 5.50. The monoisotopic (exact) mass is 439 g/mol. The fraction of sp³-hybridized carbons (Fsp3) is 0.263. The van der Waals surface area contributed by atoms with Gasteiger partial charge in [0.1, 0.15) is 11.2 Å². The number of rotatable bonds is 5. The third kappa shape index (κ3) is 4.25. The number of urea groups is 1. The molecule has 1 aromatic carbocycles. The quantitative estimate of drug-likeness (QED) is 0.556. The van der Waals surface area contributed by atoms with Crippen LogP contribution in [0, 0.1) is 0 Å². The SMILES string of the molecule is CC1(C)C(=O)N(c2ccc(SC(F)(F)F)cc2)C(=O)N1Cc1ccnc(C(=O)O)c1. The first kappa shape index (κ1) is 21.6. The molecule has 0 aliphatic carbocycles. The predicted molar refractivity (Wildman–Crippen MR) is 102 cm³/mol. The molecule has 0 saturated carbocycles.